The van der Waals surface area contributed by atoms with Crippen molar-refractivity contribution in [3.63, 3.8) is 0 Å². The third-order valence-corrected chi connectivity index (χ3v) is 2.54. The predicted molar refractivity (Wildman–Crippen MR) is 38.2 cm³/mol. The Morgan fingerprint density at radius 2 is 2.45 bits per heavy atom. The van der Waals surface area contributed by atoms with Crippen LogP contribution in [0.15, 0.2) is 11.1 Å². The van der Waals surface area contributed by atoms with Crippen LogP contribution >= 0.6 is 0 Å². The van der Waals surface area contributed by atoms with Crippen LogP contribution in [0.4, 0.5) is 0 Å². The highest BCUT2D eigenvalue weighted by molar-refractivity contribution is 5.89. The van der Waals surface area contributed by atoms with E-state index in [-0.39, 0.29) is 12.0 Å². The second kappa shape index (κ2) is 2.08. The molecular weight excluding hydrogens is 144 g/mol. The van der Waals surface area contributed by atoms with Gasteiger partial charge in [-0.1, -0.05) is 0 Å². The van der Waals surface area contributed by atoms with E-state index in [1.165, 1.54) is 0 Å². The van der Waals surface area contributed by atoms with Gasteiger partial charge in [-0.25, -0.2) is 4.79 Å². The zero-order chi connectivity index (χ0) is 8.01. The monoisotopic (exact) mass is 154 g/mol. The summed E-state index contributed by atoms with van der Waals surface area (Å²) < 4.78 is 5.32. The van der Waals surface area contributed by atoms with E-state index in [1.54, 1.807) is 0 Å². The lowest BCUT2D eigenvalue weighted by Crippen LogP contribution is -2.16. The fourth-order valence-corrected chi connectivity index (χ4v) is 1.97. The summed E-state index contributed by atoms with van der Waals surface area (Å²) >= 11 is 0. The zero-order valence-corrected chi connectivity index (χ0v) is 6.33. The summed E-state index contributed by atoms with van der Waals surface area (Å²) in [6.07, 6.45) is 0.985. The van der Waals surface area contributed by atoms with Crippen LogP contribution in [0.3, 0.4) is 0 Å². The van der Waals surface area contributed by atoms with E-state index in [2.05, 4.69) is 0 Å². The van der Waals surface area contributed by atoms with E-state index in [4.69, 9.17) is 9.84 Å². The van der Waals surface area contributed by atoms with Crippen LogP contribution < -0.4 is 0 Å². The first-order valence-electron chi connectivity index (χ1n) is 3.75. The van der Waals surface area contributed by atoms with Crippen molar-refractivity contribution < 1.29 is 14.6 Å². The van der Waals surface area contributed by atoms with Gasteiger partial charge >= 0.3 is 5.97 Å². The van der Waals surface area contributed by atoms with Crippen LogP contribution in [0, 0.1) is 5.92 Å². The third kappa shape index (κ3) is 0.807. The molecule has 3 nitrogen and oxygen atoms in total. The molecule has 2 rings (SSSR count). The molecule has 1 N–H and O–H groups in total. The molecule has 1 aliphatic heterocycles. The predicted octanol–water partition coefficient (Wildman–Crippen LogP) is 0.806. The first-order valence-corrected chi connectivity index (χ1v) is 3.75. The fourth-order valence-electron chi connectivity index (χ4n) is 1.97. The molecule has 1 heterocycles. The summed E-state index contributed by atoms with van der Waals surface area (Å²) in [6.45, 7) is 2.46. The largest absolute Gasteiger partial charge is 0.478 e. The summed E-state index contributed by atoms with van der Waals surface area (Å²) in [5, 5.41) is 8.79. The van der Waals surface area contributed by atoms with Gasteiger partial charge in [-0.15, -0.1) is 0 Å². The smallest absolute Gasteiger partial charge is 0.331 e. The Labute approximate surface area is 64.7 Å². The number of fused-ring (bicyclic) bond motifs is 2. The molecular formula is C8H10O3. The van der Waals surface area contributed by atoms with E-state index in [9.17, 15) is 4.79 Å². The summed E-state index contributed by atoms with van der Waals surface area (Å²) in [5.41, 5.74) is 1.52. The summed E-state index contributed by atoms with van der Waals surface area (Å²) in [7, 11) is 0. The maximum atomic E-state index is 10.7. The van der Waals surface area contributed by atoms with Crippen LogP contribution in [-0.4, -0.2) is 23.8 Å². The van der Waals surface area contributed by atoms with Crippen LogP contribution in [-0.2, 0) is 9.53 Å². The van der Waals surface area contributed by atoms with Gasteiger partial charge in [-0.05, 0) is 18.9 Å². The molecule has 2 bridgehead atoms. The van der Waals surface area contributed by atoms with Gasteiger partial charge in [0.25, 0.3) is 0 Å². The first-order chi connectivity index (χ1) is 5.20. The third-order valence-electron chi connectivity index (χ3n) is 2.54. The minimum absolute atomic E-state index is 0.103. The van der Waals surface area contributed by atoms with Crippen LogP contribution in [0.5, 0.6) is 0 Å². The minimum atomic E-state index is -0.765. The first kappa shape index (κ1) is 6.85. The van der Waals surface area contributed by atoms with Crippen LogP contribution in [0.25, 0.3) is 0 Å². The molecule has 0 radical (unpaired) electrons. The zero-order valence-electron chi connectivity index (χ0n) is 6.33. The maximum Gasteiger partial charge on any atom is 0.331 e. The Hall–Kier alpha value is -0.830. The van der Waals surface area contributed by atoms with Crippen molar-refractivity contribution in [2.45, 2.75) is 19.4 Å². The number of ether oxygens (including phenoxy) is 1. The average molecular weight is 154 g/mol. The molecule has 0 saturated carbocycles. The highest BCUT2D eigenvalue weighted by Gasteiger charge is 2.41. The molecule has 1 saturated heterocycles. The number of aliphatic carboxylic acids is 1. The molecule has 0 aromatic rings. The van der Waals surface area contributed by atoms with E-state index >= 15 is 0 Å². The molecule has 0 spiro atoms. The topological polar surface area (TPSA) is 46.5 Å². The van der Waals surface area contributed by atoms with Crippen molar-refractivity contribution in [3.05, 3.63) is 11.1 Å². The van der Waals surface area contributed by atoms with Crippen molar-refractivity contribution in [1.82, 2.24) is 0 Å². The van der Waals surface area contributed by atoms with E-state index in [0.717, 1.165) is 12.0 Å². The number of carboxylic acid groups (broad SMARTS) is 1. The van der Waals surface area contributed by atoms with Crippen molar-refractivity contribution in [1.29, 1.82) is 0 Å². The molecule has 1 aliphatic carbocycles. The average Bonchev–Trinajstić information content (AvgIpc) is 2.44. The summed E-state index contributed by atoms with van der Waals surface area (Å²) in [4.78, 5) is 10.7. The quantitative estimate of drug-likeness (QED) is 0.607. The van der Waals surface area contributed by atoms with Crippen molar-refractivity contribution in [2.24, 2.45) is 5.92 Å². The normalized spacial score (nSPS) is 35.0. The minimum Gasteiger partial charge on any atom is -0.478 e. The lowest BCUT2D eigenvalue weighted by molar-refractivity contribution is -0.133. The summed E-state index contributed by atoms with van der Waals surface area (Å²) in [6, 6.07) is 0. The Kier molecular flexibility index (Phi) is 1.29. The van der Waals surface area contributed by atoms with Gasteiger partial charge in [0.1, 0.15) is 0 Å². The number of carboxylic acids is 1. The SMILES string of the molecule is CC1=C(C(=O)O)C2COC1C2. The second-order valence-electron chi connectivity index (χ2n) is 3.16. The van der Waals surface area contributed by atoms with Gasteiger partial charge in [-0.2, -0.15) is 0 Å². The number of carbonyl (C=O) groups is 1. The molecule has 2 unspecified atom stereocenters. The molecule has 1 fully saturated rings. The van der Waals surface area contributed by atoms with Gasteiger partial charge in [0, 0.05) is 11.5 Å². The van der Waals surface area contributed by atoms with Gasteiger partial charge in [-0.3, -0.25) is 0 Å². The highest BCUT2D eigenvalue weighted by Crippen LogP contribution is 2.39. The van der Waals surface area contributed by atoms with E-state index < -0.39 is 5.97 Å². The standard InChI is InChI=1S/C8H10O3/c1-4-6-2-5(3-11-6)7(4)8(9)10/h5-6H,2-3H2,1H3,(H,9,10). The van der Waals surface area contributed by atoms with Gasteiger partial charge in [0.05, 0.1) is 12.7 Å². The van der Waals surface area contributed by atoms with Gasteiger partial charge in [0.2, 0.25) is 0 Å². The van der Waals surface area contributed by atoms with Gasteiger partial charge in [0.15, 0.2) is 0 Å². The number of hydrogen-bond donors (Lipinski definition) is 1. The lowest BCUT2D eigenvalue weighted by atomic mass is 10.0. The van der Waals surface area contributed by atoms with Crippen molar-refractivity contribution in [2.75, 3.05) is 6.61 Å². The van der Waals surface area contributed by atoms with Gasteiger partial charge < -0.3 is 9.84 Å². The Balaban J connectivity index is 2.37. The molecule has 2 atom stereocenters. The van der Waals surface area contributed by atoms with Crippen LogP contribution in [0.2, 0.25) is 0 Å². The fraction of sp³-hybridized carbons (Fsp3) is 0.625. The Morgan fingerprint density at radius 1 is 1.73 bits per heavy atom. The number of hydrogen-bond acceptors (Lipinski definition) is 2. The second-order valence-corrected chi connectivity index (χ2v) is 3.16. The number of rotatable bonds is 1. The molecule has 3 heteroatoms. The molecule has 0 amide bonds. The molecule has 0 aromatic carbocycles. The van der Waals surface area contributed by atoms with E-state index in [1.807, 2.05) is 6.92 Å². The summed E-state index contributed by atoms with van der Waals surface area (Å²) in [5.74, 6) is -0.601. The molecule has 0 aromatic heterocycles. The van der Waals surface area contributed by atoms with Crippen LogP contribution in [0.1, 0.15) is 13.3 Å². The Morgan fingerprint density at radius 3 is 2.82 bits per heavy atom. The molecule has 2 aliphatic rings. The van der Waals surface area contributed by atoms with Crippen molar-refractivity contribution in [3.8, 4) is 0 Å². The Bertz CT molecular complexity index is 242. The van der Waals surface area contributed by atoms with E-state index in [0.29, 0.717) is 12.2 Å². The molecule has 11 heavy (non-hydrogen) atoms. The maximum absolute atomic E-state index is 10.7. The lowest BCUT2D eigenvalue weighted by Gasteiger charge is -2.13. The van der Waals surface area contributed by atoms with Crippen molar-refractivity contribution >= 4 is 5.97 Å². The molecule has 60 valence electrons. The highest BCUT2D eigenvalue weighted by atomic mass is 16.5.